The number of aromatic nitrogens is 2. The second kappa shape index (κ2) is 6.96. The molecule has 0 unspecified atom stereocenters. The fraction of sp³-hybridized carbons (Fsp3) is 0.0556. The van der Waals surface area contributed by atoms with Crippen LogP contribution in [0.4, 0.5) is 10.1 Å². The van der Waals surface area contributed by atoms with Crippen LogP contribution in [-0.2, 0) is 4.79 Å². The first kappa shape index (κ1) is 16.4. The maximum atomic E-state index is 13.9. The Morgan fingerprint density at radius 1 is 1.16 bits per heavy atom. The van der Waals surface area contributed by atoms with E-state index in [-0.39, 0.29) is 17.2 Å². The molecular weight excluding hydrogens is 325 g/mol. The van der Waals surface area contributed by atoms with Gasteiger partial charge in [0.2, 0.25) is 5.91 Å². The number of carbonyl (C=O) groups excluding carboxylic acids is 2. The third-order valence-corrected chi connectivity index (χ3v) is 3.36. The Bertz CT molecular complexity index is 906. The molecule has 1 heterocycles. The lowest BCUT2D eigenvalue weighted by molar-refractivity contribution is -0.114. The summed E-state index contributed by atoms with van der Waals surface area (Å²) in [4.78, 5) is 27.2. The van der Waals surface area contributed by atoms with Gasteiger partial charge in [-0.05, 0) is 42.5 Å². The van der Waals surface area contributed by atoms with Gasteiger partial charge in [0.15, 0.2) is 0 Å². The van der Waals surface area contributed by atoms with E-state index < -0.39 is 11.8 Å². The smallest absolute Gasteiger partial charge is 0.346 e. The Hall–Kier alpha value is -3.48. The summed E-state index contributed by atoms with van der Waals surface area (Å²) in [5, 5.41) is 2.49. The quantitative estimate of drug-likeness (QED) is 0.585. The monoisotopic (exact) mass is 339 g/mol. The van der Waals surface area contributed by atoms with Gasteiger partial charge in [0.1, 0.15) is 11.6 Å². The molecule has 0 saturated carbocycles. The van der Waals surface area contributed by atoms with Crippen molar-refractivity contribution in [2.24, 2.45) is 0 Å². The SMILES string of the molecule is CC(=O)Nc1ccc(F)c(C(=O)Oc2ccc(-n3ccnc3)cc2)c1. The molecule has 6 nitrogen and oxygen atoms in total. The summed E-state index contributed by atoms with van der Waals surface area (Å²) in [6, 6.07) is 10.4. The summed E-state index contributed by atoms with van der Waals surface area (Å²) in [6.07, 6.45) is 5.08. The number of esters is 1. The minimum atomic E-state index is -0.847. The molecule has 0 fully saturated rings. The number of carbonyl (C=O) groups is 2. The molecule has 3 aromatic rings. The number of halogens is 1. The van der Waals surface area contributed by atoms with Gasteiger partial charge in [-0.15, -0.1) is 0 Å². The van der Waals surface area contributed by atoms with Crippen molar-refractivity contribution in [2.45, 2.75) is 6.92 Å². The Morgan fingerprint density at radius 3 is 2.56 bits per heavy atom. The molecule has 0 aliphatic rings. The summed E-state index contributed by atoms with van der Waals surface area (Å²) in [5.41, 5.74) is 0.900. The van der Waals surface area contributed by atoms with Crippen molar-refractivity contribution in [1.29, 1.82) is 0 Å². The maximum absolute atomic E-state index is 13.9. The fourth-order valence-corrected chi connectivity index (χ4v) is 2.22. The molecule has 2 aromatic carbocycles. The summed E-state index contributed by atoms with van der Waals surface area (Å²) < 4.78 is 20.9. The van der Waals surface area contributed by atoms with E-state index in [0.29, 0.717) is 5.69 Å². The number of hydrogen-bond donors (Lipinski definition) is 1. The van der Waals surface area contributed by atoms with E-state index >= 15 is 0 Å². The lowest BCUT2D eigenvalue weighted by Crippen LogP contribution is -2.12. The second-order valence-corrected chi connectivity index (χ2v) is 5.23. The van der Waals surface area contributed by atoms with Gasteiger partial charge in [0.25, 0.3) is 0 Å². The number of hydrogen-bond acceptors (Lipinski definition) is 4. The van der Waals surface area contributed by atoms with Gasteiger partial charge in [-0.2, -0.15) is 0 Å². The van der Waals surface area contributed by atoms with Crippen LogP contribution in [0.1, 0.15) is 17.3 Å². The first-order chi connectivity index (χ1) is 12.0. The highest BCUT2D eigenvalue weighted by atomic mass is 19.1. The van der Waals surface area contributed by atoms with E-state index in [2.05, 4.69) is 10.3 Å². The maximum Gasteiger partial charge on any atom is 0.346 e. The number of ether oxygens (including phenoxy) is 1. The van der Waals surface area contributed by atoms with Crippen molar-refractivity contribution >= 4 is 17.6 Å². The third kappa shape index (κ3) is 3.89. The van der Waals surface area contributed by atoms with Crippen molar-refractivity contribution in [1.82, 2.24) is 9.55 Å². The summed E-state index contributed by atoms with van der Waals surface area (Å²) in [5.74, 6) is -1.62. The largest absolute Gasteiger partial charge is 0.423 e. The van der Waals surface area contributed by atoms with Crippen LogP contribution in [0, 0.1) is 5.82 Å². The second-order valence-electron chi connectivity index (χ2n) is 5.23. The first-order valence-corrected chi connectivity index (χ1v) is 7.40. The van der Waals surface area contributed by atoms with Gasteiger partial charge >= 0.3 is 5.97 Å². The Morgan fingerprint density at radius 2 is 1.92 bits per heavy atom. The Kier molecular flexibility index (Phi) is 4.56. The van der Waals surface area contributed by atoms with Gasteiger partial charge < -0.3 is 14.6 Å². The fourth-order valence-electron chi connectivity index (χ4n) is 2.22. The summed E-state index contributed by atoms with van der Waals surface area (Å²) in [7, 11) is 0. The molecule has 126 valence electrons. The number of rotatable bonds is 4. The van der Waals surface area contributed by atoms with E-state index in [1.807, 2.05) is 0 Å². The Labute approximate surface area is 142 Å². The summed E-state index contributed by atoms with van der Waals surface area (Å²) >= 11 is 0. The number of nitrogens with zero attached hydrogens (tertiary/aromatic N) is 2. The third-order valence-electron chi connectivity index (χ3n) is 3.36. The molecule has 25 heavy (non-hydrogen) atoms. The van der Waals surface area contributed by atoms with Crippen molar-refractivity contribution in [3.63, 3.8) is 0 Å². The Balaban J connectivity index is 1.77. The van der Waals surface area contributed by atoms with E-state index in [4.69, 9.17) is 4.74 Å². The first-order valence-electron chi connectivity index (χ1n) is 7.40. The van der Waals surface area contributed by atoms with Gasteiger partial charge in [0.05, 0.1) is 11.9 Å². The van der Waals surface area contributed by atoms with Crippen molar-refractivity contribution in [3.8, 4) is 11.4 Å². The number of imidazole rings is 1. The van der Waals surface area contributed by atoms with Gasteiger partial charge in [-0.3, -0.25) is 4.79 Å². The van der Waals surface area contributed by atoms with Crippen molar-refractivity contribution in [2.75, 3.05) is 5.32 Å². The molecular formula is C18H14FN3O3. The average molecular weight is 339 g/mol. The van der Waals surface area contributed by atoms with Gasteiger partial charge in [-0.25, -0.2) is 14.2 Å². The molecule has 1 amide bonds. The number of amides is 1. The standard InChI is InChI=1S/C18H14FN3O3/c1-12(23)21-13-2-7-17(19)16(10-13)18(24)25-15-5-3-14(4-6-15)22-9-8-20-11-22/h2-11H,1H3,(H,21,23). The topological polar surface area (TPSA) is 73.2 Å². The molecule has 0 radical (unpaired) electrons. The van der Waals surface area contributed by atoms with Crippen LogP contribution < -0.4 is 10.1 Å². The van der Waals surface area contributed by atoms with Crippen LogP contribution in [0.2, 0.25) is 0 Å². The molecule has 0 spiro atoms. The highest BCUT2D eigenvalue weighted by Gasteiger charge is 2.15. The minimum Gasteiger partial charge on any atom is -0.423 e. The normalized spacial score (nSPS) is 10.3. The number of benzene rings is 2. The molecule has 1 aromatic heterocycles. The molecule has 0 atom stereocenters. The van der Waals surface area contributed by atoms with E-state index in [1.54, 1.807) is 47.6 Å². The molecule has 3 rings (SSSR count). The van der Waals surface area contributed by atoms with Crippen molar-refractivity contribution in [3.05, 3.63) is 72.6 Å². The van der Waals surface area contributed by atoms with Gasteiger partial charge in [-0.1, -0.05) is 0 Å². The lowest BCUT2D eigenvalue weighted by atomic mass is 10.2. The molecule has 0 saturated heterocycles. The van der Waals surface area contributed by atoms with Crippen LogP contribution in [0.25, 0.3) is 5.69 Å². The number of anilines is 1. The van der Waals surface area contributed by atoms with Crippen LogP contribution in [0.3, 0.4) is 0 Å². The zero-order valence-electron chi connectivity index (χ0n) is 13.3. The van der Waals surface area contributed by atoms with Gasteiger partial charge in [0, 0.05) is 30.7 Å². The molecule has 0 aliphatic heterocycles. The molecule has 0 aliphatic carbocycles. The predicted molar refractivity (Wildman–Crippen MR) is 89.2 cm³/mol. The number of nitrogens with one attached hydrogen (secondary N) is 1. The van der Waals surface area contributed by atoms with Crippen molar-refractivity contribution < 1.29 is 18.7 Å². The van der Waals surface area contributed by atoms with E-state index in [0.717, 1.165) is 11.8 Å². The average Bonchev–Trinajstić information content (AvgIpc) is 3.11. The van der Waals surface area contributed by atoms with Crippen LogP contribution >= 0.6 is 0 Å². The summed E-state index contributed by atoms with van der Waals surface area (Å²) in [6.45, 7) is 1.32. The van der Waals surface area contributed by atoms with Crippen LogP contribution in [-0.4, -0.2) is 21.4 Å². The predicted octanol–water partition coefficient (Wildman–Crippen LogP) is 3.19. The molecule has 7 heteroatoms. The lowest BCUT2D eigenvalue weighted by Gasteiger charge is -2.08. The van der Waals surface area contributed by atoms with Crippen LogP contribution in [0.5, 0.6) is 5.75 Å². The van der Waals surface area contributed by atoms with E-state index in [1.165, 1.54) is 19.1 Å². The zero-order valence-corrected chi connectivity index (χ0v) is 13.3. The minimum absolute atomic E-state index is 0.259. The highest BCUT2D eigenvalue weighted by molar-refractivity contribution is 5.94. The van der Waals surface area contributed by atoms with Crippen LogP contribution in [0.15, 0.2) is 61.2 Å². The molecule has 1 N–H and O–H groups in total. The molecule has 0 bridgehead atoms. The van der Waals surface area contributed by atoms with E-state index in [9.17, 15) is 14.0 Å². The zero-order chi connectivity index (χ0) is 17.8. The highest BCUT2D eigenvalue weighted by Crippen LogP contribution is 2.20.